The molecular weight excluding hydrogens is 261 g/mol. The number of hydrogen-bond acceptors (Lipinski definition) is 4. The molecule has 2 rings (SSSR count). The van der Waals surface area contributed by atoms with E-state index in [4.69, 9.17) is 9.47 Å². The highest BCUT2D eigenvalue weighted by atomic mass is 19.1. The van der Waals surface area contributed by atoms with Crippen LogP contribution in [-0.4, -0.2) is 56.1 Å². The largest absolute Gasteiger partial charge is 0.491 e. The van der Waals surface area contributed by atoms with Crippen molar-refractivity contribution in [1.82, 2.24) is 4.90 Å². The number of halogens is 1. The predicted molar refractivity (Wildman–Crippen MR) is 74.3 cm³/mol. The first-order chi connectivity index (χ1) is 9.63. The number of aliphatic hydroxyl groups is 1. The summed E-state index contributed by atoms with van der Waals surface area (Å²) in [4.78, 5) is 2.10. The molecule has 0 aliphatic carbocycles. The van der Waals surface area contributed by atoms with Gasteiger partial charge in [0.1, 0.15) is 24.3 Å². The minimum atomic E-state index is -0.563. The molecule has 0 bridgehead atoms. The zero-order valence-corrected chi connectivity index (χ0v) is 11.8. The lowest BCUT2D eigenvalue weighted by Gasteiger charge is -2.23. The number of ether oxygens (including phenoxy) is 2. The molecule has 1 fully saturated rings. The summed E-state index contributed by atoms with van der Waals surface area (Å²) in [6.07, 6.45) is 0.527. The zero-order valence-electron chi connectivity index (χ0n) is 11.8. The number of rotatable bonds is 7. The van der Waals surface area contributed by atoms with Crippen LogP contribution >= 0.6 is 0 Å². The van der Waals surface area contributed by atoms with Gasteiger partial charge in [0.2, 0.25) is 0 Å². The molecule has 0 saturated carbocycles. The second-order valence-corrected chi connectivity index (χ2v) is 5.37. The van der Waals surface area contributed by atoms with Crippen LogP contribution in [0.1, 0.15) is 6.42 Å². The molecule has 4 nitrogen and oxygen atoms in total. The molecule has 112 valence electrons. The van der Waals surface area contributed by atoms with E-state index in [1.807, 2.05) is 7.05 Å². The Balaban J connectivity index is 1.66. The molecule has 20 heavy (non-hydrogen) atoms. The van der Waals surface area contributed by atoms with E-state index in [0.29, 0.717) is 18.2 Å². The van der Waals surface area contributed by atoms with Gasteiger partial charge in [0.05, 0.1) is 6.61 Å². The van der Waals surface area contributed by atoms with E-state index in [0.717, 1.165) is 26.2 Å². The van der Waals surface area contributed by atoms with Gasteiger partial charge in [-0.3, -0.25) is 0 Å². The van der Waals surface area contributed by atoms with Gasteiger partial charge >= 0.3 is 0 Å². The Bertz CT molecular complexity index is 393. The van der Waals surface area contributed by atoms with Gasteiger partial charge in [0, 0.05) is 19.7 Å². The van der Waals surface area contributed by atoms with Crippen LogP contribution in [0.4, 0.5) is 4.39 Å². The van der Waals surface area contributed by atoms with Crippen LogP contribution < -0.4 is 4.74 Å². The zero-order chi connectivity index (χ0) is 14.4. The fourth-order valence-corrected chi connectivity index (χ4v) is 2.38. The first-order valence-electron chi connectivity index (χ1n) is 6.96. The fraction of sp³-hybridized carbons (Fsp3) is 0.600. The smallest absolute Gasteiger partial charge is 0.123 e. The molecule has 1 saturated heterocycles. The predicted octanol–water partition coefficient (Wildman–Crippen LogP) is 1.53. The Morgan fingerprint density at radius 3 is 2.85 bits per heavy atom. The van der Waals surface area contributed by atoms with Gasteiger partial charge in [-0.15, -0.1) is 0 Å². The van der Waals surface area contributed by atoms with Crippen molar-refractivity contribution >= 4 is 0 Å². The summed E-state index contributed by atoms with van der Waals surface area (Å²) in [7, 11) is 1.99. The molecule has 5 heteroatoms. The van der Waals surface area contributed by atoms with Crippen molar-refractivity contribution in [1.29, 1.82) is 0 Å². The van der Waals surface area contributed by atoms with E-state index in [1.165, 1.54) is 12.1 Å². The second kappa shape index (κ2) is 7.57. The molecule has 1 aromatic carbocycles. The van der Waals surface area contributed by atoms with E-state index in [9.17, 15) is 9.50 Å². The standard InChI is InChI=1S/C15H22FNO3/c1-17(8-12-6-7-19-10-12)9-14(18)11-20-15-4-2-13(16)3-5-15/h2-5,12,14,18H,6-11H2,1H3. The highest BCUT2D eigenvalue weighted by molar-refractivity contribution is 5.22. The molecule has 1 N–H and O–H groups in total. The summed E-state index contributed by atoms with van der Waals surface area (Å²) in [5, 5.41) is 9.94. The molecule has 1 aliphatic rings. The van der Waals surface area contributed by atoms with Gasteiger partial charge in [-0.05, 0) is 43.7 Å². The van der Waals surface area contributed by atoms with Crippen molar-refractivity contribution in [2.75, 3.05) is 40.0 Å². The monoisotopic (exact) mass is 283 g/mol. The average molecular weight is 283 g/mol. The molecule has 1 aliphatic heterocycles. The third-order valence-electron chi connectivity index (χ3n) is 3.37. The highest BCUT2D eigenvalue weighted by Crippen LogP contribution is 2.14. The number of aliphatic hydroxyl groups excluding tert-OH is 1. The van der Waals surface area contributed by atoms with Crippen molar-refractivity contribution in [3.8, 4) is 5.75 Å². The molecular formula is C15H22FNO3. The first-order valence-corrected chi connectivity index (χ1v) is 6.96. The molecule has 0 spiro atoms. The van der Waals surface area contributed by atoms with Crippen molar-refractivity contribution in [2.45, 2.75) is 12.5 Å². The van der Waals surface area contributed by atoms with Crippen LogP contribution in [-0.2, 0) is 4.74 Å². The number of hydrogen-bond donors (Lipinski definition) is 1. The summed E-state index contributed by atoms with van der Waals surface area (Å²) < 4.78 is 23.5. The van der Waals surface area contributed by atoms with Gasteiger partial charge in [0.15, 0.2) is 0 Å². The van der Waals surface area contributed by atoms with Gasteiger partial charge in [-0.25, -0.2) is 4.39 Å². The van der Waals surface area contributed by atoms with Crippen molar-refractivity contribution < 1.29 is 19.0 Å². The second-order valence-electron chi connectivity index (χ2n) is 5.37. The Hall–Kier alpha value is -1.17. The lowest BCUT2D eigenvalue weighted by molar-refractivity contribution is 0.0705. The van der Waals surface area contributed by atoms with E-state index in [2.05, 4.69) is 4.90 Å². The van der Waals surface area contributed by atoms with Crippen molar-refractivity contribution in [3.05, 3.63) is 30.1 Å². The van der Waals surface area contributed by atoms with Gasteiger partial charge in [-0.1, -0.05) is 0 Å². The summed E-state index contributed by atoms with van der Waals surface area (Å²) in [6, 6.07) is 5.80. The maximum atomic E-state index is 12.7. The van der Waals surface area contributed by atoms with E-state index < -0.39 is 6.10 Å². The third kappa shape index (κ3) is 5.07. The minimum Gasteiger partial charge on any atom is -0.491 e. The highest BCUT2D eigenvalue weighted by Gasteiger charge is 2.18. The molecule has 1 aromatic rings. The fourth-order valence-electron chi connectivity index (χ4n) is 2.38. The van der Waals surface area contributed by atoms with Crippen LogP contribution in [0, 0.1) is 11.7 Å². The average Bonchev–Trinajstić information content (AvgIpc) is 2.90. The quantitative estimate of drug-likeness (QED) is 0.824. The summed E-state index contributed by atoms with van der Waals surface area (Å²) in [5.41, 5.74) is 0. The third-order valence-corrected chi connectivity index (χ3v) is 3.37. The van der Waals surface area contributed by atoms with Crippen LogP contribution in [0.25, 0.3) is 0 Å². The maximum Gasteiger partial charge on any atom is 0.123 e. The molecule has 2 atom stereocenters. The first kappa shape index (κ1) is 15.2. The molecule has 0 aromatic heterocycles. The topological polar surface area (TPSA) is 41.9 Å². The van der Waals surface area contributed by atoms with Crippen LogP contribution in [0.3, 0.4) is 0 Å². The number of likely N-dealkylation sites (N-methyl/N-ethyl adjacent to an activating group) is 1. The Morgan fingerprint density at radius 2 is 2.20 bits per heavy atom. The van der Waals surface area contributed by atoms with Gasteiger partial charge in [-0.2, -0.15) is 0 Å². The van der Waals surface area contributed by atoms with Crippen molar-refractivity contribution in [2.24, 2.45) is 5.92 Å². The Morgan fingerprint density at radius 1 is 1.45 bits per heavy atom. The minimum absolute atomic E-state index is 0.205. The lowest BCUT2D eigenvalue weighted by atomic mass is 10.1. The maximum absolute atomic E-state index is 12.7. The van der Waals surface area contributed by atoms with E-state index >= 15 is 0 Å². The van der Waals surface area contributed by atoms with Gasteiger partial charge < -0.3 is 19.5 Å². The number of nitrogens with zero attached hydrogens (tertiary/aromatic N) is 1. The van der Waals surface area contributed by atoms with Gasteiger partial charge in [0.25, 0.3) is 0 Å². The van der Waals surface area contributed by atoms with Crippen LogP contribution in [0.2, 0.25) is 0 Å². The van der Waals surface area contributed by atoms with Crippen LogP contribution in [0.5, 0.6) is 5.75 Å². The molecule has 0 radical (unpaired) electrons. The molecule has 0 amide bonds. The summed E-state index contributed by atoms with van der Waals surface area (Å²) in [6.45, 7) is 3.34. The van der Waals surface area contributed by atoms with Crippen molar-refractivity contribution in [3.63, 3.8) is 0 Å². The summed E-state index contributed by atoms with van der Waals surface area (Å²) in [5.74, 6) is 0.832. The van der Waals surface area contributed by atoms with E-state index in [-0.39, 0.29) is 12.4 Å². The van der Waals surface area contributed by atoms with E-state index in [1.54, 1.807) is 12.1 Å². The summed E-state index contributed by atoms with van der Waals surface area (Å²) >= 11 is 0. The number of benzene rings is 1. The van der Waals surface area contributed by atoms with Crippen LogP contribution in [0.15, 0.2) is 24.3 Å². The molecule has 1 heterocycles. The normalized spacial score (nSPS) is 20.3. The lowest BCUT2D eigenvalue weighted by Crippen LogP contribution is -2.36. The SMILES string of the molecule is CN(CC(O)COc1ccc(F)cc1)CC1CCOC1. The Labute approximate surface area is 119 Å². The Kier molecular flexibility index (Phi) is 5.76. The molecule has 2 unspecified atom stereocenters.